The number of allylic oxidation sites excluding steroid dienone is 1. The molecule has 0 aliphatic carbocycles. The molecule has 0 aromatic carbocycles. The predicted molar refractivity (Wildman–Crippen MR) is 131 cm³/mol. The molecule has 0 spiro atoms. The van der Waals surface area contributed by atoms with Gasteiger partial charge in [-0.25, -0.2) is 9.66 Å². The maximum atomic E-state index is 11.1. The van der Waals surface area contributed by atoms with Crippen molar-refractivity contribution >= 4 is 12.1 Å². The molecule has 2 atom stereocenters. The number of nitrogens with zero attached hydrogens (tertiary/aromatic N) is 6. The number of carbonyl (C=O) groups is 1. The molecule has 2 unspecified atom stereocenters. The first-order valence-electron chi connectivity index (χ1n) is 11.9. The first-order valence-corrected chi connectivity index (χ1v) is 11.9. The summed E-state index contributed by atoms with van der Waals surface area (Å²) < 4.78 is 7.32. The van der Waals surface area contributed by atoms with E-state index in [1.54, 1.807) is 17.1 Å². The lowest BCUT2D eigenvalue weighted by Crippen LogP contribution is -2.52. The molecule has 2 aromatic rings. The topological polar surface area (TPSA) is 99.3 Å². The average Bonchev–Trinajstić information content (AvgIpc) is 3.22. The largest absolute Gasteiger partial charge is 0.489 e. The summed E-state index contributed by atoms with van der Waals surface area (Å²) in [4.78, 5) is 25.3. The molecule has 2 aromatic heterocycles. The van der Waals surface area contributed by atoms with Crippen molar-refractivity contribution in [3.8, 4) is 11.8 Å². The van der Waals surface area contributed by atoms with Crippen LogP contribution in [0, 0.1) is 11.3 Å². The number of amides is 1. The third-order valence-corrected chi connectivity index (χ3v) is 6.11. The van der Waals surface area contributed by atoms with Crippen molar-refractivity contribution < 1.29 is 9.53 Å². The molecular weight excluding hydrogens is 430 g/mol. The SMILES string of the molecule is C/C=C(\c1nc(CC#N)cn1NC=O)N1CCN(C(C)c2ccc(OC(C)C)cn2)CC1CC. The zero-order valence-electron chi connectivity index (χ0n) is 20.7. The van der Waals surface area contributed by atoms with Crippen LogP contribution in [0.2, 0.25) is 0 Å². The molecule has 1 aliphatic rings. The van der Waals surface area contributed by atoms with E-state index in [2.05, 4.69) is 45.1 Å². The summed E-state index contributed by atoms with van der Waals surface area (Å²) in [6, 6.07) is 6.61. The van der Waals surface area contributed by atoms with Crippen LogP contribution in [-0.2, 0) is 11.2 Å². The summed E-state index contributed by atoms with van der Waals surface area (Å²) in [5, 5.41) is 9.07. The Morgan fingerprint density at radius 2 is 2.15 bits per heavy atom. The van der Waals surface area contributed by atoms with E-state index in [1.165, 1.54) is 0 Å². The van der Waals surface area contributed by atoms with Gasteiger partial charge in [-0.15, -0.1) is 0 Å². The van der Waals surface area contributed by atoms with E-state index >= 15 is 0 Å². The zero-order chi connectivity index (χ0) is 24.7. The van der Waals surface area contributed by atoms with Crippen molar-refractivity contribution in [2.24, 2.45) is 0 Å². The number of imidazole rings is 1. The number of nitrogens with one attached hydrogen (secondary N) is 1. The lowest BCUT2D eigenvalue weighted by atomic mass is 10.0. The van der Waals surface area contributed by atoms with Crippen LogP contribution in [0.3, 0.4) is 0 Å². The van der Waals surface area contributed by atoms with Gasteiger partial charge in [-0.1, -0.05) is 13.0 Å². The monoisotopic (exact) mass is 465 g/mol. The molecule has 1 fully saturated rings. The zero-order valence-corrected chi connectivity index (χ0v) is 20.7. The van der Waals surface area contributed by atoms with Crippen molar-refractivity contribution in [3.05, 3.63) is 47.8 Å². The first kappa shape index (κ1) is 25.2. The van der Waals surface area contributed by atoms with Gasteiger partial charge in [0.2, 0.25) is 6.41 Å². The van der Waals surface area contributed by atoms with Gasteiger partial charge in [0.1, 0.15) is 5.75 Å². The van der Waals surface area contributed by atoms with Crippen LogP contribution in [0.15, 0.2) is 30.6 Å². The quantitative estimate of drug-likeness (QED) is 0.537. The van der Waals surface area contributed by atoms with Crippen molar-refractivity contribution in [1.29, 1.82) is 5.26 Å². The molecule has 1 aliphatic heterocycles. The van der Waals surface area contributed by atoms with Gasteiger partial charge in [-0.05, 0) is 46.2 Å². The second kappa shape index (κ2) is 11.7. The standard InChI is InChI=1S/C25H35N7O2/c1-6-21-16-30(19(5)23-9-8-22(14-27-23)34-18(3)4)12-13-31(21)24(7-2)25-29-20(10-11-26)15-32(25)28-17-33/h7-9,14-15,17-19,21H,6,10,12-13,16H2,1-5H3,(H,28,33)/b24-7+. The molecule has 1 N–H and O–H groups in total. The molecule has 9 nitrogen and oxygen atoms in total. The van der Waals surface area contributed by atoms with Gasteiger partial charge in [0.05, 0.1) is 48.1 Å². The van der Waals surface area contributed by atoms with Crippen LogP contribution in [0.4, 0.5) is 0 Å². The highest BCUT2D eigenvalue weighted by Gasteiger charge is 2.32. The number of rotatable bonds is 10. The fraction of sp³-hybridized carbons (Fsp3) is 0.520. The summed E-state index contributed by atoms with van der Waals surface area (Å²) in [5.41, 5.74) is 5.28. The Kier molecular flexibility index (Phi) is 8.66. The minimum absolute atomic E-state index is 0.123. The molecule has 0 saturated carbocycles. The van der Waals surface area contributed by atoms with Crippen LogP contribution >= 0.6 is 0 Å². The maximum absolute atomic E-state index is 11.1. The summed E-state index contributed by atoms with van der Waals surface area (Å²) in [6.07, 6.45) is 7.42. The van der Waals surface area contributed by atoms with E-state index in [-0.39, 0.29) is 24.6 Å². The molecule has 1 amide bonds. The molecule has 3 rings (SSSR count). The van der Waals surface area contributed by atoms with E-state index in [0.717, 1.165) is 43.2 Å². The molecule has 0 radical (unpaired) electrons. The molecule has 9 heteroatoms. The van der Waals surface area contributed by atoms with Crippen LogP contribution < -0.4 is 10.2 Å². The Hall–Kier alpha value is -3.38. The molecule has 34 heavy (non-hydrogen) atoms. The lowest BCUT2D eigenvalue weighted by Gasteiger charge is -2.45. The van der Waals surface area contributed by atoms with Crippen LogP contribution in [0.5, 0.6) is 5.75 Å². The summed E-state index contributed by atoms with van der Waals surface area (Å²) in [6.45, 7) is 12.9. The van der Waals surface area contributed by atoms with Crippen LogP contribution in [0.25, 0.3) is 5.70 Å². The number of aromatic nitrogens is 3. The van der Waals surface area contributed by atoms with Crippen LogP contribution in [-0.4, -0.2) is 62.6 Å². The Labute approximate surface area is 202 Å². The first-order chi connectivity index (χ1) is 16.4. The number of hydrogen-bond acceptors (Lipinski definition) is 7. The number of piperazine rings is 1. The van der Waals surface area contributed by atoms with E-state index < -0.39 is 0 Å². The van der Waals surface area contributed by atoms with Gasteiger partial charge in [-0.3, -0.25) is 20.1 Å². The van der Waals surface area contributed by atoms with Gasteiger partial charge in [-0.2, -0.15) is 5.26 Å². The minimum Gasteiger partial charge on any atom is -0.489 e. The molecule has 1 saturated heterocycles. The highest BCUT2D eigenvalue weighted by atomic mass is 16.5. The Morgan fingerprint density at radius 1 is 1.35 bits per heavy atom. The number of ether oxygens (including phenoxy) is 1. The Bertz CT molecular complexity index is 1020. The van der Waals surface area contributed by atoms with Gasteiger partial charge in [0.25, 0.3) is 0 Å². The Morgan fingerprint density at radius 3 is 2.74 bits per heavy atom. The van der Waals surface area contributed by atoms with Gasteiger partial charge >= 0.3 is 0 Å². The molecule has 182 valence electrons. The molecular formula is C25H35N7O2. The normalized spacial score (nSPS) is 18.0. The number of nitriles is 1. The highest BCUT2D eigenvalue weighted by Crippen LogP contribution is 2.29. The molecule has 3 heterocycles. The maximum Gasteiger partial charge on any atom is 0.226 e. The van der Waals surface area contributed by atoms with Crippen LogP contribution in [0.1, 0.15) is 64.3 Å². The minimum atomic E-state index is 0.123. The summed E-state index contributed by atoms with van der Waals surface area (Å²) in [5.74, 6) is 1.43. The van der Waals surface area contributed by atoms with Gasteiger partial charge in [0, 0.05) is 31.7 Å². The van der Waals surface area contributed by atoms with Crippen molar-refractivity contribution in [2.45, 2.75) is 65.6 Å². The average molecular weight is 466 g/mol. The lowest BCUT2D eigenvalue weighted by molar-refractivity contribution is -0.106. The second-order valence-corrected chi connectivity index (χ2v) is 8.69. The summed E-state index contributed by atoms with van der Waals surface area (Å²) >= 11 is 0. The summed E-state index contributed by atoms with van der Waals surface area (Å²) in [7, 11) is 0. The number of pyridine rings is 1. The van der Waals surface area contributed by atoms with E-state index in [9.17, 15) is 4.79 Å². The van der Waals surface area contributed by atoms with Crippen molar-refractivity contribution in [2.75, 3.05) is 25.1 Å². The van der Waals surface area contributed by atoms with Gasteiger partial charge in [0.15, 0.2) is 5.82 Å². The number of hydrogen-bond donors (Lipinski definition) is 1. The Balaban J connectivity index is 1.77. The van der Waals surface area contributed by atoms with Crippen molar-refractivity contribution in [1.82, 2.24) is 24.4 Å². The fourth-order valence-corrected chi connectivity index (χ4v) is 4.42. The van der Waals surface area contributed by atoms with Gasteiger partial charge < -0.3 is 9.64 Å². The smallest absolute Gasteiger partial charge is 0.226 e. The molecule has 0 bridgehead atoms. The van der Waals surface area contributed by atoms with E-state index in [4.69, 9.17) is 10.00 Å². The second-order valence-electron chi connectivity index (χ2n) is 8.69. The number of carbonyl (C=O) groups excluding carboxylic acids is 1. The van der Waals surface area contributed by atoms with E-state index in [1.807, 2.05) is 39.0 Å². The fourth-order valence-electron chi connectivity index (χ4n) is 4.42. The third kappa shape index (κ3) is 5.75. The third-order valence-electron chi connectivity index (χ3n) is 6.11. The van der Waals surface area contributed by atoms with E-state index in [0.29, 0.717) is 17.9 Å². The highest BCUT2D eigenvalue weighted by molar-refractivity contribution is 5.63. The van der Waals surface area contributed by atoms with Crippen molar-refractivity contribution in [3.63, 3.8) is 0 Å². The predicted octanol–water partition coefficient (Wildman–Crippen LogP) is 3.35.